The second-order valence-electron chi connectivity index (χ2n) is 6.97. The summed E-state index contributed by atoms with van der Waals surface area (Å²) in [5.41, 5.74) is 3.02. The molecule has 0 fully saturated rings. The summed E-state index contributed by atoms with van der Waals surface area (Å²) in [5.74, 6) is -0.270. The van der Waals surface area contributed by atoms with E-state index >= 15 is 0 Å². The Morgan fingerprint density at radius 1 is 1.13 bits per heavy atom. The van der Waals surface area contributed by atoms with Crippen LogP contribution in [0.5, 0.6) is 5.75 Å². The number of benzene rings is 2. The standard InChI is InChI=1S/C24H24ClNO4S/c1-4-6-16-9-11-19(12-10-16)30-14-20(27)26-23-22(24(28)29-3)21(15(2)31-23)17-7-5-8-18(25)13-17/h5,7-13H,4,6,14H2,1-3H3,(H,26,27). The molecule has 0 aliphatic carbocycles. The third-order valence-corrected chi connectivity index (χ3v) is 5.93. The van der Waals surface area contributed by atoms with Crippen molar-refractivity contribution in [2.24, 2.45) is 0 Å². The van der Waals surface area contributed by atoms with Gasteiger partial charge < -0.3 is 14.8 Å². The number of rotatable bonds is 8. The number of nitrogens with one attached hydrogen (secondary N) is 1. The number of ether oxygens (including phenoxy) is 2. The number of amides is 1. The van der Waals surface area contributed by atoms with E-state index in [1.165, 1.54) is 24.0 Å². The maximum Gasteiger partial charge on any atom is 0.341 e. The summed E-state index contributed by atoms with van der Waals surface area (Å²) in [6, 6.07) is 14.9. The minimum Gasteiger partial charge on any atom is -0.484 e. The van der Waals surface area contributed by atoms with Crippen LogP contribution in [0.4, 0.5) is 5.00 Å². The third kappa shape index (κ3) is 5.66. The zero-order valence-corrected chi connectivity index (χ0v) is 19.2. The lowest BCUT2D eigenvalue weighted by atomic mass is 10.0. The third-order valence-electron chi connectivity index (χ3n) is 4.67. The van der Waals surface area contributed by atoms with E-state index in [0.29, 0.717) is 26.9 Å². The molecule has 1 amide bonds. The SMILES string of the molecule is CCCc1ccc(OCC(=O)Nc2sc(C)c(-c3cccc(Cl)c3)c2C(=O)OC)cc1. The van der Waals surface area contributed by atoms with E-state index in [9.17, 15) is 9.59 Å². The van der Waals surface area contributed by atoms with E-state index in [1.807, 2.05) is 43.3 Å². The van der Waals surface area contributed by atoms with E-state index in [0.717, 1.165) is 23.3 Å². The Bertz CT molecular complexity index is 1080. The molecule has 0 aliphatic rings. The van der Waals surface area contributed by atoms with Crippen LogP contribution in [0, 0.1) is 6.92 Å². The first-order valence-electron chi connectivity index (χ1n) is 9.92. The van der Waals surface area contributed by atoms with Crippen LogP contribution in [0.1, 0.15) is 34.1 Å². The molecule has 0 atom stereocenters. The Kier molecular flexibility index (Phi) is 7.71. The van der Waals surface area contributed by atoms with Crippen molar-refractivity contribution in [1.82, 2.24) is 0 Å². The van der Waals surface area contributed by atoms with Crippen LogP contribution in [0.2, 0.25) is 5.02 Å². The molecule has 0 aliphatic heterocycles. The van der Waals surface area contributed by atoms with E-state index in [2.05, 4.69) is 12.2 Å². The van der Waals surface area contributed by atoms with Gasteiger partial charge in [-0.1, -0.05) is 49.2 Å². The monoisotopic (exact) mass is 457 g/mol. The lowest BCUT2D eigenvalue weighted by Crippen LogP contribution is -2.21. The van der Waals surface area contributed by atoms with E-state index in [1.54, 1.807) is 12.1 Å². The number of hydrogen-bond acceptors (Lipinski definition) is 5. The average molecular weight is 458 g/mol. The molecule has 162 valence electrons. The fourth-order valence-electron chi connectivity index (χ4n) is 3.27. The summed E-state index contributed by atoms with van der Waals surface area (Å²) >= 11 is 7.44. The smallest absolute Gasteiger partial charge is 0.341 e. The quantitative estimate of drug-likeness (QED) is 0.413. The van der Waals surface area contributed by atoms with Crippen molar-refractivity contribution in [3.05, 3.63) is 69.6 Å². The van der Waals surface area contributed by atoms with Crippen molar-refractivity contribution in [3.8, 4) is 16.9 Å². The van der Waals surface area contributed by atoms with Crippen LogP contribution in [0.25, 0.3) is 11.1 Å². The normalized spacial score (nSPS) is 10.6. The Labute approximate surface area is 191 Å². The molecule has 0 unspecified atom stereocenters. The summed E-state index contributed by atoms with van der Waals surface area (Å²) in [6.45, 7) is 3.84. The minimum atomic E-state index is -0.526. The predicted octanol–water partition coefficient (Wildman–Crippen LogP) is 6.13. The molecule has 0 saturated heterocycles. The highest BCUT2D eigenvalue weighted by Crippen LogP contribution is 2.40. The summed E-state index contributed by atoms with van der Waals surface area (Å²) in [4.78, 5) is 25.9. The highest BCUT2D eigenvalue weighted by molar-refractivity contribution is 7.17. The Hall–Kier alpha value is -2.83. The summed E-state index contributed by atoms with van der Waals surface area (Å²) in [7, 11) is 1.31. The number of esters is 1. The molecule has 3 aromatic rings. The highest BCUT2D eigenvalue weighted by Gasteiger charge is 2.25. The molecule has 31 heavy (non-hydrogen) atoms. The Morgan fingerprint density at radius 3 is 2.52 bits per heavy atom. The van der Waals surface area contributed by atoms with Crippen LogP contribution < -0.4 is 10.1 Å². The van der Waals surface area contributed by atoms with Gasteiger partial charge in [-0.2, -0.15) is 0 Å². The molecule has 1 heterocycles. The molecule has 0 radical (unpaired) electrons. The largest absolute Gasteiger partial charge is 0.484 e. The van der Waals surface area contributed by atoms with Crippen molar-refractivity contribution in [2.45, 2.75) is 26.7 Å². The van der Waals surface area contributed by atoms with E-state index in [-0.39, 0.29) is 12.5 Å². The second-order valence-corrected chi connectivity index (χ2v) is 8.63. The number of anilines is 1. The van der Waals surface area contributed by atoms with Gasteiger partial charge in [0.2, 0.25) is 0 Å². The van der Waals surface area contributed by atoms with E-state index in [4.69, 9.17) is 21.1 Å². The van der Waals surface area contributed by atoms with Gasteiger partial charge in [0, 0.05) is 15.5 Å². The number of halogens is 1. The van der Waals surface area contributed by atoms with Crippen LogP contribution in [-0.4, -0.2) is 25.6 Å². The molecule has 1 aromatic heterocycles. The van der Waals surface area contributed by atoms with Gasteiger partial charge in [-0.05, 0) is 48.7 Å². The zero-order valence-electron chi connectivity index (χ0n) is 17.7. The van der Waals surface area contributed by atoms with Crippen LogP contribution in [0.15, 0.2) is 48.5 Å². The molecular weight excluding hydrogens is 434 g/mol. The van der Waals surface area contributed by atoms with Crippen LogP contribution in [0.3, 0.4) is 0 Å². The number of hydrogen-bond donors (Lipinski definition) is 1. The second kappa shape index (κ2) is 10.5. The van der Waals surface area contributed by atoms with Gasteiger partial charge in [-0.15, -0.1) is 11.3 Å². The molecule has 5 nitrogen and oxygen atoms in total. The van der Waals surface area contributed by atoms with Gasteiger partial charge in [0.25, 0.3) is 5.91 Å². The summed E-state index contributed by atoms with van der Waals surface area (Å²) < 4.78 is 10.6. The number of methoxy groups -OCH3 is 1. The van der Waals surface area contributed by atoms with Crippen molar-refractivity contribution in [2.75, 3.05) is 19.0 Å². The molecule has 0 bridgehead atoms. The summed E-state index contributed by atoms with van der Waals surface area (Å²) in [5, 5.41) is 3.77. The molecule has 1 N–H and O–H groups in total. The number of carbonyl (C=O) groups is 2. The predicted molar refractivity (Wildman–Crippen MR) is 125 cm³/mol. The van der Waals surface area contributed by atoms with E-state index < -0.39 is 5.97 Å². The molecule has 7 heteroatoms. The fourth-order valence-corrected chi connectivity index (χ4v) is 4.54. The number of carbonyl (C=O) groups excluding carboxylic acids is 2. The van der Waals surface area contributed by atoms with Crippen LogP contribution in [-0.2, 0) is 16.0 Å². The van der Waals surface area contributed by atoms with Crippen molar-refractivity contribution >= 4 is 39.8 Å². The van der Waals surface area contributed by atoms with Crippen molar-refractivity contribution in [1.29, 1.82) is 0 Å². The fraction of sp³-hybridized carbons (Fsp3) is 0.250. The van der Waals surface area contributed by atoms with Gasteiger partial charge >= 0.3 is 5.97 Å². The Balaban J connectivity index is 1.78. The first-order chi connectivity index (χ1) is 14.9. The van der Waals surface area contributed by atoms with Crippen LogP contribution >= 0.6 is 22.9 Å². The van der Waals surface area contributed by atoms with Gasteiger partial charge in [0.15, 0.2) is 6.61 Å². The van der Waals surface area contributed by atoms with Gasteiger partial charge in [0.05, 0.1) is 7.11 Å². The van der Waals surface area contributed by atoms with Gasteiger partial charge in [-0.3, -0.25) is 4.79 Å². The van der Waals surface area contributed by atoms with Crippen molar-refractivity contribution in [3.63, 3.8) is 0 Å². The maximum absolute atomic E-state index is 12.5. The number of aryl methyl sites for hydroxylation is 2. The highest BCUT2D eigenvalue weighted by atomic mass is 35.5. The topological polar surface area (TPSA) is 64.6 Å². The molecule has 0 saturated carbocycles. The maximum atomic E-state index is 12.5. The molecule has 2 aromatic carbocycles. The van der Waals surface area contributed by atoms with Gasteiger partial charge in [-0.25, -0.2) is 4.79 Å². The molecular formula is C24H24ClNO4S. The Morgan fingerprint density at radius 2 is 1.87 bits per heavy atom. The molecule has 3 rings (SSSR count). The minimum absolute atomic E-state index is 0.169. The summed E-state index contributed by atoms with van der Waals surface area (Å²) in [6.07, 6.45) is 2.08. The lowest BCUT2D eigenvalue weighted by Gasteiger charge is -2.10. The zero-order chi connectivity index (χ0) is 22.4. The first kappa shape index (κ1) is 22.8. The average Bonchev–Trinajstić information content (AvgIpc) is 3.08. The number of thiophene rings is 1. The first-order valence-corrected chi connectivity index (χ1v) is 11.1. The van der Waals surface area contributed by atoms with Gasteiger partial charge in [0.1, 0.15) is 16.3 Å². The van der Waals surface area contributed by atoms with Crippen molar-refractivity contribution < 1.29 is 19.1 Å². The lowest BCUT2D eigenvalue weighted by molar-refractivity contribution is -0.118. The molecule has 0 spiro atoms.